The van der Waals surface area contributed by atoms with Crippen molar-refractivity contribution in [2.75, 3.05) is 49.2 Å². The molecule has 0 saturated carbocycles. The summed E-state index contributed by atoms with van der Waals surface area (Å²) in [5.74, 6) is -3.05. The van der Waals surface area contributed by atoms with E-state index in [1.807, 2.05) is 55.5 Å². The van der Waals surface area contributed by atoms with Crippen molar-refractivity contribution in [2.24, 2.45) is 5.92 Å². The molecule has 0 radical (unpaired) electrons. The fraction of sp³-hybridized carbons (Fsp3) is 0.432. The highest BCUT2D eigenvalue weighted by Crippen LogP contribution is 2.43. The minimum atomic E-state index is -1.39. The number of carbonyl (C=O) groups excluding carboxylic acids is 2. The number of ether oxygens (including phenoxy) is 5. The quantitative estimate of drug-likeness (QED) is 0.0659. The lowest BCUT2D eigenvalue weighted by Crippen LogP contribution is -2.46. The van der Waals surface area contributed by atoms with Crippen molar-refractivity contribution in [2.45, 2.75) is 77.0 Å². The summed E-state index contributed by atoms with van der Waals surface area (Å²) in [7, 11) is 0. The van der Waals surface area contributed by atoms with Gasteiger partial charge in [0, 0.05) is 75.0 Å². The van der Waals surface area contributed by atoms with Gasteiger partial charge in [-0.3, -0.25) is 14.3 Å². The molecule has 2 fully saturated rings. The van der Waals surface area contributed by atoms with Crippen molar-refractivity contribution in [3.63, 3.8) is 0 Å². The van der Waals surface area contributed by atoms with Gasteiger partial charge >= 0.3 is 23.8 Å². The van der Waals surface area contributed by atoms with E-state index in [0.29, 0.717) is 56.0 Å². The number of esters is 1. The van der Waals surface area contributed by atoms with E-state index < -0.39 is 65.9 Å². The summed E-state index contributed by atoms with van der Waals surface area (Å²) in [6, 6.07) is 18.5. The molecule has 64 heavy (non-hydrogen) atoms. The van der Waals surface area contributed by atoms with Crippen molar-refractivity contribution >= 4 is 29.5 Å². The number of aryl methyl sites for hydroxylation is 1. The van der Waals surface area contributed by atoms with E-state index in [0.717, 1.165) is 43.6 Å². The van der Waals surface area contributed by atoms with Crippen molar-refractivity contribution in [1.82, 2.24) is 29.1 Å². The van der Waals surface area contributed by atoms with Gasteiger partial charge in [-0.15, -0.1) is 0 Å². The highest BCUT2D eigenvalue weighted by molar-refractivity contribution is 5.90. The van der Waals surface area contributed by atoms with Gasteiger partial charge in [0.05, 0.1) is 30.5 Å². The van der Waals surface area contributed by atoms with Crippen LogP contribution in [0.4, 0.5) is 25.0 Å². The number of nitrogens with zero attached hydrogens (tertiary/aromatic N) is 8. The molecule has 20 heteroatoms. The first-order valence-corrected chi connectivity index (χ1v) is 21.0. The monoisotopic (exact) mass is 888 g/mol. The molecule has 0 aliphatic carbocycles. The molecule has 2 aliphatic heterocycles. The number of benzene rings is 3. The highest BCUT2D eigenvalue weighted by Gasteiger charge is 2.44. The largest absolute Gasteiger partial charge is 0.511 e. The normalized spacial score (nSPS) is 18.9. The maximum Gasteiger partial charge on any atom is 0.511 e. The molecule has 0 amide bonds. The molecule has 7 rings (SSSR count). The number of hydrogen-bond donors (Lipinski definition) is 1. The molecule has 2 saturated heterocycles. The zero-order chi connectivity index (χ0) is 45.4. The third-order valence-corrected chi connectivity index (χ3v) is 11.4. The van der Waals surface area contributed by atoms with E-state index in [-0.39, 0.29) is 5.92 Å². The lowest BCUT2D eigenvalue weighted by molar-refractivity contribution is -0.171. The topological polar surface area (TPSA) is 195 Å². The molecule has 3 aromatic carbocycles. The Labute approximate surface area is 366 Å². The van der Waals surface area contributed by atoms with Crippen LogP contribution in [0.5, 0.6) is 5.75 Å². The Morgan fingerprint density at radius 1 is 0.891 bits per heavy atom. The molecule has 2 aromatic heterocycles. The molecule has 0 bridgehead atoms. The molecule has 1 N–H and O–H groups in total. The van der Waals surface area contributed by atoms with Gasteiger partial charge in [0.15, 0.2) is 0 Å². The summed E-state index contributed by atoms with van der Waals surface area (Å²) < 4.78 is 60.7. The van der Waals surface area contributed by atoms with Gasteiger partial charge in [-0.25, -0.2) is 32.6 Å². The van der Waals surface area contributed by atoms with Gasteiger partial charge in [-0.05, 0) is 74.4 Å². The summed E-state index contributed by atoms with van der Waals surface area (Å²) in [6.45, 7) is 8.92. The second-order valence-corrected chi connectivity index (χ2v) is 15.7. The zero-order valence-corrected chi connectivity index (χ0v) is 35.6. The number of carbonyl (C=O) groups is 3. The number of carboxylic acid groups (broad SMARTS) is 1. The summed E-state index contributed by atoms with van der Waals surface area (Å²) in [6.07, 6.45) is 1.46. The lowest BCUT2D eigenvalue weighted by atomic mass is 9.84. The Bertz CT molecular complexity index is 2420. The molecule has 1 unspecified atom stereocenters. The van der Waals surface area contributed by atoms with Crippen molar-refractivity contribution in [3.8, 4) is 11.4 Å². The second-order valence-electron chi connectivity index (χ2n) is 15.7. The third-order valence-electron chi connectivity index (χ3n) is 11.4. The summed E-state index contributed by atoms with van der Waals surface area (Å²) in [4.78, 5) is 56.7. The minimum Gasteiger partial charge on any atom is -0.493 e. The van der Waals surface area contributed by atoms with E-state index >= 15 is 4.39 Å². The minimum absolute atomic E-state index is 0.0178. The molecule has 0 spiro atoms. The maximum absolute atomic E-state index is 15.1. The molecule has 340 valence electrons. The van der Waals surface area contributed by atoms with Crippen LogP contribution in [0.1, 0.15) is 58.1 Å². The van der Waals surface area contributed by atoms with E-state index in [9.17, 15) is 23.6 Å². The number of carboxylic acids is 1. The predicted octanol–water partition coefficient (Wildman–Crippen LogP) is 5.49. The van der Waals surface area contributed by atoms with Crippen molar-refractivity contribution in [3.05, 3.63) is 113 Å². The van der Waals surface area contributed by atoms with Crippen LogP contribution < -0.4 is 20.2 Å². The average molecular weight is 889 g/mol. The molecule has 2 aliphatic rings. The van der Waals surface area contributed by atoms with E-state index in [1.54, 1.807) is 17.9 Å². The zero-order valence-electron chi connectivity index (χ0n) is 35.6. The summed E-state index contributed by atoms with van der Waals surface area (Å²) >= 11 is 0. The van der Waals surface area contributed by atoms with Crippen LogP contribution in [0.2, 0.25) is 0 Å². The molecular weight excluding hydrogens is 839 g/mol. The van der Waals surface area contributed by atoms with Crippen LogP contribution in [0.25, 0.3) is 5.69 Å². The summed E-state index contributed by atoms with van der Waals surface area (Å²) in [5.41, 5.74) is 1.60. The SMILES string of the molecule is CC[C@@H]([C@H](C)OC(=O)OC(C)OC(=O)CC(=O)O)n1ncn(-c2ccc(N3CCN(c4ccc(OC[C@@H]5CO[C@@](CCn6cncn6)(c6ccc(F)cc6F)C5)cc4)CC3)cc2)c1=O. The van der Waals surface area contributed by atoms with Crippen molar-refractivity contribution < 1.29 is 52.0 Å². The smallest absolute Gasteiger partial charge is 0.493 e. The lowest BCUT2D eigenvalue weighted by Gasteiger charge is -2.37. The van der Waals surface area contributed by atoms with E-state index in [2.05, 4.69) is 25.0 Å². The first-order valence-electron chi connectivity index (χ1n) is 21.0. The molecule has 5 atom stereocenters. The maximum atomic E-state index is 15.1. The Morgan fingerprint density at radius 3 is 2.19 bits per heavy atom. The number of rotatable bonds is 18. The number of hydrogen-bond acceptors (Lipinski definition) is 14. The number of aliphatic carboxylic acids is 1. The van der Waals surface area contributed by atoms with E-state index in [4.69, 9.17) is 28.8 Å². The number of aromatic nitrogens is 6. The van der Waals surface area contributed by atoms with Crippen LogP contribution in [-0.2, 0) is 40.7 Å². The first kappa shape index (κ1) is 45.2. The van der Waals surface area contributed by atoms with Crippen molar-refractivity contribution in [1.29, 1.82) is 0 Å². The van der Waals surface area contributed by atoms with Gasteiger partial charge in [0.25, 0.3) is 0 Å². The molecule has 4 heterocycles. The fourth-order valence-electron chi connectivity index (χ4n) is 8.17. The Morgan fingerprint density at radius 2 is 1.56 bits per heavy atom. The number of halogens is 2. The first-order chi connectivity index (χ1) is 30.8. The van der Waals surface area contributed by atoms with Gasteiger partial charge in [0.1, 0.15) is 48.9 Å². The van der Waals surface area contributed by atoms with Crippen LogP contribution >= 0.6 is 0 Å². The number of piperazine rings is 1. The molecule has 18 nitrogen and oxygen atoms in total. The summed E-state index contributed by atoms with van der Waals surface area (Å²) in [5, 5.41) is 17.2. The van der Waals surface area contributed by atoms with Crippen LogP contribution in [0.3, 0.4) is 0 Å². The fourth-order valence-corrected chi connectivity index (χ4v) is 8.17. The van der Waals surface area contributed by atoms with Gasteiger partial charge in [-0.1, -0.05) is 13.0 Å². The van der Waals surface area contributed by atoms with Gasteiger partial charge in [-0.2, -0.15) is 10.2 Å². The van der Waals surface area contributed by atoms with Crippen LogP contribution in [0, 0.1) is 17.6 Å². The van der Waals surface area contributed by atoms with Gasteiger partial charge in [0.2, 0.25) is 6.29 Å². The van der Waals surface area contributed by atoms with Gasteiger partial charge < -0.3 is 38.6 Å². The predicted molar refractivity (Wildman–Crippen MR) is 225 cm³/mol. The Kier molecular flexibility index (Phi) is 14.2. The van der Waals surface area contributed by atoms with E-state index in [1.165, 1.54) is 41.0 Å². The Balaban J connectivity index is 0.883. The standard InChI is InChI=1S/C44H50F2N8O10/c1-4-39(29(2)62-43(59)64-30(3)63-41(57)22-40(55)56)54-42(58)53(28-49-54)35-8-6-33(7-9-35)50-17-19-51(20-18-50)34-10-12-36(13-11-34)60-24-31-23-44(61-25-31,15-16-52-27-47-26-48-52)37-14-5-32(45)21-38(37)46/h5-14,21,26-31,39H,4,15-20,22-25H2,1-3H3,(H,55,56)/t29-,30?,31+,39-,44+/m0/s1. The van der Waals surface area contributed by atoms with Crippen LogP contribution in [0.15, 0.2) is 90.5 Å². The average Bonchev–Trinajstić information content (AvgIpc) is 4.04. The third kappa shape index (κ3) is 10.8. The Hall–Kier alpha value is -6.83. The highest BCUT2D eigenvalue weighted by atomic mass is 19.1. The molecular formula is C44H50F2N8O10. The van der Waals surface area contributed by atoms with Crippen LogP contribution in [-0.4, -0.2) is 104 Å². The molecule has 5 aromatic rings. The second kappa shape index (κ2) is 20.1. The number of anilines is 2.